The number of aryl methyl sites for hydroxylation is 1. The Balaban J connectivity index is 0.00000289. The molecule has 35 heavy (non-hydrogen) atoms. The van der Waals surface area contributed by atoms with Gasteiger partial charge < -0.3 is 0 Å². The number of hydrazine groups is 1. The smallest absolute Gasteiger partial charge is 0.299 e. The van der Waals surface area contributed by atoms with Gasteiger partial charge in [-0.15, -0.1) is 12.4 Å². The van der Waals surface area contributed by atoms with Gasteiger partial charge in [-0.25, -0.2) is 28.2 Å². The number of imidazole rings is 1. The number of halogens is 2. The van der Waals surface area contributed by atoms with E-state index in [-0.39, 0.29) is 47.2 Å². The molecule has 0 spiro atoms. The average Bonchev–Trinajstić information content (AvgIpc) is 3.34. The summed E-state index contributed by atoms with van der Waals surface area (Å²) >= 11 is 6.00. The number of carbonyl (C=O) groups is 2. The number of benzene rings is 2. The van der Waals surface area contributed by atoms with Crippen LogP contribution in [0.3, 0.4) is 0 Å². The van der Waals surface area contributed by atoms with Crippen molar-refractivity contribution in [3.8, 4) is 0 Å². The first-order valence-electron chi connectivity index (χ1n) is 11.3. The molecule has 0 radical (unpaired) electrons. The predicted octanol–water partition coefficient (Wildman–Crippen LogP) is 4.26. The zero-order chi connectivity index (χ0) is 24.0. The third kappa shape index (κ3) is 5.09. The summed E-state index contributed by atoms with van der Waals surface area (Å²) in [7, 11) is -3.58. The van der Waals surface area contributed by atoms with E-state index in [0.717, 1.165) is 22.3 Å². The molecule has 0 unspecified atom stereocenters. The number of fused-ring (bicyclic) bond motifs is 2. The van der Waals surface area contributed by atoms with Crippen LogP contribution in [-0.2, 0) is 21.2 Å². The molecule has 1 amide bonds. The Bertz CT molecular complexity index is 1400. The van der Waals surface area contributed by atoms with Gasteiger partial charge in [0.15, 0.2) is 9.84 Å². The topological polar surface area (TPSA) is 92.6 Å². The molecule has 0 saturated carbocycles. The maximum Gasteiger partial charge on any atom is 0.344 e. The van der Waals surface area contributed by atoms with Gasteiger partial charge in [-0.2, -0.15) is 0 Å². The van der Waals surface area contributed by atoms with E-state index in [1.807, 2.05) is 11.9 Å². The van der Waals surface area contributed by atoms with E-state index in [1.165, 1.54) is 0 Å². The van der Waals surface area contributed by atoms with Gasteiger partial charge in [0.25, 0.3) is 0 Å². The lowest BCUT2D eigenvalue weighted by Crippen LogP contribution is -2.48. The Morgan fingerprint density at radius 1 is 1.11 bits per heavy atom. The normalized spacial score (nSPS) is 17.0. The van der Waals surface area contributed by atoms with Crippen LogP contribution in [-0.4, -0.2) is 58.6 Å². The van der Waals surface area contributed by atoms with Gasteiger partial charge in [0, 0.05) is 36.6 Å². The highest BCUT2D eigenvalue weighted by Crippen LogP contribution is 2.27. The summed E-state index contributed by atoms with van der Waals surface area (Å²) in [4.78, 5) is 30.0. The van der Waals surface area contributed by atoms with Gasteiger partial charge in [0.05, 0.1) is 22.9 Å². The number of carbonyl (C=O) groups excluding carboxylic acids is 2. The molecule has 3 heterocycles. The highest BCUT2D eigenvalue weighted by atomic mass is 35.5. The van der Waals surface area contributed by atoms with Crippen molar-refractivity contribution in [2.75, 3.05) is 18.8 Å². The molecular weight excluding hydrogens is 511 g/mol. The molecule has 1 aromatic heterocycles. The second-order valence-electron chi connectivity index (χ2n) is 8.93. The van der Waals surface area contributed by atoms with Crippen LogP contribution < -0.4 is 0 Å². The lowest BCUT2D eigenvalue weighted by Gasteiger charge is -2.36. The Morgan fingerprint density at radius 2 is 1.80 bits per heavy atom. The zero-order valence-corrected chi connectivity index (χ0v) is 21.6. The molecule has 0 bridgehead atoms. The maximum atomic E-state index is 12.9. The maximum absolute atomic E-state index is 12.9. The Labute approximate surface area is 215 Å². The fraction of sp³-hybridized carbons (Fsp3) is 0.375. The number of rotatable bonds is 6. The number of sulfone groups is 1. The molecule has 0 aliphatic carbocycles. The van der Waals surface area contributed by atoms with Crippen molar-refractivity contribution in [1.82, 2.24) is 19.6 Å². The van der Waals surface area contributed by atoms with Gasteiger partial charge in [0.2, 0.25) is 0 Å². The molecule has 2 aromatic carbocycles. The second kappa shape index (κ2) is 9.89. The molecule has 1 fully saturated rings. The predicted molar refractivity (Wildman–Crippen MR) is 135 cm³/mol. The molecule has 0 atom stereocenters. The van der Waals surface area contributed by atoms with Crippen molar-refractivity contribution in [1.29, 1.82) is 0 Å². The SMILES string of the molecule is Cc1cn2c(n1)CN(N1CCC(C(=O)CCS(=O)(=O)c3ccc4cc(Cl)ccc4c3)CC1)C2=O.Cl. The van der Waals surface area contributed by atoms with E-state index in [1.54, 1.807) is 52.2 Å². The second-order valence-corrected chi connectivity index (χ2v) is 11.5. The molecule has 5 rings (SSSR count). The number of amides is 1. The van der Waals surface area contributed by atoms with Crippen LogP contribution in [0.1, 0.15) is 30.8 Å². The summed E-state index contributed by atoms with van der Waals surface area (Å²) in [5, 5.41) is 5.89. The molecule has 0 N–H and O–H groups in total. The minimum absolute atomic E-state index is 0. The van der Waals surface area contributed by atoms with Crippen molar-refractivity contribution in [2.45, 2.75) is 37.6 Å². The fourth-order valence-electron chi connectivity index (χ4n) is 4.75. The van der Waals surface area contributed by atoms with Crippen molar-refractivity contribution in [3.05, 3.63) is 59.1 Å². The van der Waals surface area contributed by atoms with Gasteiger partial charge in [-0.3, -0.25) is 9.36 Å². The number of nitrogens with zero attached hydrogens (tertiary/aromatic N) is 4. The van der Waals surface area contributed by atoms with E-state index < -0.39 is 9.84 Å². The van der Waals surface area contributed by atoms with E-state index in [4.69, 9.17) is 11.6 Å². The first-order valence-corrected chi connectivity index (χ1v) is 13.3. The minimum atomic E-state index is -3.58. The summed E-state index contributed by atoms with van der Waals surface area (Å²) < 4.78 is 27.3. The number of hydrogen-bond donors (Lipinski definition) is 0. The molecule has 8 nitrogen and oxygen atoms in total. The van der Waals surface area contributed by atoms with E-state index in [0.29, 0.717) is 37.5 Å². The highest BCUT2D eigenvalue weighted by Gasteiger charge is 2.36. The summed E-state index contributed by atoms with van der Waals surface area (Å²) in [6.45, 7) is 3.44. The summed E-state index contributed by atoms with van der Waals surface area (Å²) in [5.74, 6) is 0.285. The van der Waals surface area contributed by atoms with Crippen LogP contribution in [0.5, 0.6) is 0 Å². The van der Waals surface area contributed by atoms with Gasteiger partial charge in [-0.05, 0) is 54.8 Å². The summed E-state index contributed by atoms with van der Waals surface area (Å²) in [6.07, 6.45) is 2.92. The van der Waals surface area contributed by atoms with E-state index in [2.05, 4.69) is 4.98 Å². The molecule has 1 saturated heterocycles. The molecular formula is C24H26Cl2N4O4S. The first kappa shape index (κ1) is 25.6. The third-order valence-electron chi connectivity index (χ3n) is 6.64. The highest BCUT2D eigenvalue weighted by molar-refractivity contribution is 7.91. The third-order valence-corrected chi connectivity index (χ3v) is 8.58. The fourth-order valence-corrected chi connectivity index (χ4v) is 6.21. The van der Waals surface area contributed by atoms with Crippen LogP contribution in [0.2, 0.25) is 5.02 Å². The van der Waals surface area contributed by atoms with Crippen molar-refractivity contribution in [3.63, 3.8) is 0 Å². The monoisotopic (exact) mass is 536 g/mol. The van der Waals surface area contributed by atoms with Crippen molar-refractivity contribution < 1.29 is 18.0 Å². The summed E-state index contributed by atoms with van der Waals surface area (Å²) in [5.41, 5.74) is 0.815. The number of Topliss-reactive ketones (excluding diaryl/α,β-unsaturated/α-hetero) is 1. The van der Waals surface area contributed by atoms with Crippen LogP contribution in [0.25, 0.3) is 10.8 Å². The number of hydrogen-bond acceptors (Lipinski definition) is 6. The summed E-state index contributed by atoms with van der Waals surface area (Å²) in [6, 6.07) is 10.1. The van der Waals surface area contributed by atoms with Crippen molar-refractivity contribution >= 4 is 56.4 Å². The van der Waals surface area contributed by atoms with Crippen LogP contribution in [0.4, 0.5) is 4.79 Å². The van der Waals surface area contributed by atoms with Crippen LogP contribution in [0.15, 0.2) is 47.5 Å². The average molecular weight is 537 g/mol. The van der Waals surface area contributed by atoms with Gasteiger partial charge in [0.1, 0.15) is 11.6 Å². The quantitative estimate of drug-likeness (QED) is 0.467. The lowest BCUT2D eigenvalue weighted by atomic mass is 9.92. The molecule has 186 valence electrons. The largest absolute Gasteiger partial charge is 0.344 e. The number of aromatic nitrogens is 2. The standard InChI is InChI=1S/C24H25ClN4O4S.ClH/c1-16-14-28-23(26-16)15-29(24(28)31)27-9-6-17(7-10-27)22(30)8-11-34(32,33)21-5-3-18-12-20(25)4-2-19(18)13-21;/h2-5,12-14,17H,6-11,15H2,1H3;1H. The Hall–Kier alpha value is -2.46. The van der Waals surface area contributed by atoms with E-state index >= 15 is 0 Å². The molecule has 3 aromatic rings. The minimum Gasteiger partial charge on any atom is -0.299 e. The van der Waals surface area contributed by atoms with E-state index in [9.17, 15) is 18.0 Å². The van der Waals surface area contributed by atoms with Crippen molar-refractivity contribution in [2.24, 2.45) is 5.92 Å². The van der Waals surface area contributed by atoms with Gasteiger partial charge >= 0.3 is 6.03 Å². The molecule has 2 aliphatic rings. The van der Waals surface area contributed by atoms with Gasteiger partial charge in [-0.1, -0.05) is 23.7 Å². The van der Waals surface area contributed by atoms with Crippen LogP contribution in [0, 0.1) is 12.8 Å². The number of ketones is 1. The Morgan fingerprint density at radius 3 is 2.51 bits per heavy atom. The zero-order valence-electron chi connectivity index (χ0n) is 19.2. The lowest BCUT2D eigenvalue weighted by molar-refractivity contribution is -0.125. The van der Waals surface area contributed by atoms with Crippen LogP contribution >= 0.6 is 24.0 Å². The number of piperidine rings is 1. The molecule has 2 aliphatic heterocycles. The Kier molecular flexibility index (Phi) is 7.24. The first-order chi connectivity index (χ1) is 16.2. The molecule has 11 heteroatoms.